The highest BCUT2D eigenvalue weighted by Gasteiger charge is 2.08. The zero-order chi connectivity index (χ0) is 13.9. The van der Waals surface area contributed by atoms with Gasteiger partial charge in [0.1, 0.15) is 10.8 Å². The molecule has 2 aromatic heterocycles. The van der Waals surface area contributed by atoms with Crippen molar-refractivity contribution < 1.29 is 4.39 Å². The number of anilines is 1. The van der Waals surface area contributed by atoms with Gasteiger partial charge in [-0.15, -0.1) is 21.5 Å². The molecule has 2 heterocycles. The van der Waals surface area contributed by atoms with Gasteiger partial charge in [0.25, 0.3) is 0 Å². The van der Waals surface area contributed by atoms with Gasteiger partial charge in [0.15, 0.2) is 0 Å². The Kier molecular flexibility index (Phi) is 3.75. The maximum absolute atomic E-state index is 13.9. The Hall–Kier alpha value is -1.79. The number of aromatic nitrogens is 2. The molecule has 1 aromatic carbocycles. The summed E-state index contributed by atoms with van der Waals surface area (Å²) in [5, 5.41) is 14.8. The van der Waals surface area contributed by atoms with E-state index in [1.807, 2.05) is 30.5 Å². The van der Waals surface area contributed by atoms with Crippen LogP contribution in [0.15, 0.2) is 35.7 Å². The zero-order valence-corrected chi connectivity index (χ0v) is 12.4. The second kappa shape index (κ2) is 5.68. The van der Waals surface area contributed by atoms with Gasteiger partial charge in [0.2, 0.25) is 5.13 Å². The van der Waals surface area contributed by atoms with Gasteiger partial charge in [0.05, 0.1) is 0 Å². The van der Waals surface area contributed by atoms with Crippen molar-refractivity contribution in [2.45, 2.75) is 13.5 Å². The van der Waals surface area contributed by atoms with Crippen molar-refractivity contribution in [3.05, 3.63) is 52.1 Å². The van der Waals surface area contributed by atoms with Crippen molar-refractivity contribution in [3.63, 3.8) is 0 Å². The SMILES string of the molecule is Cc1nnc(NCc2ccc(F)c(-c3cccs3)c2)s1. The third-order valence-corrected chi connectivity index (χ3v) is 4.49. The highest BCUT2D eigenvalue weighted by Crippen LogP contribution is 2.28. The molecule has 102 valence electrons. The van der Waals surface area contributed by atoms with Crippen molar-refractivity contribution >= 4 is 27.8 Å². The van der Waals surface area contributed by atoms with Crippen molar-refractivity contribution in [3.8, 4) is 10.4 Å². The number of aryl methyl sites for hydroxylation is 1. The lowest BCUT2D eigenvalue weighted by Gasteiger charge is -2.06. The van der Waals surface area contributed by atoms with Crippen molar-refractivity contribution in [2.24, 2.45) is 0 Å². The van der Waals surface area contributed by atoms with Gasteiger partial charge in [0, 0.05) is 17.0 Å². The lowest BCUT2D eigenvalue weighted by molar-refractivity contribution is 0.631. The zero-order valence-electron chi connectivity index (χ0n) is 10.8. The van der Waals surface area contributed by atoms with Crippen LogP contribution in [0, 0.1) is 12.7 Å². The van der Waals surface area contributed by atoms with Crippen LogP contribution in [-0.2, 0) is 6.54 Å². The third kappa shape index (κ3) is 2.86. The minimum atomic E-state index is -0.192. The minimum Gasteiger partial charge on any atom is -0.356 e. The lowest BCUT2D eigenvalue weighted by atomic mass is 10.1. The van der Waals surface area contributed by atoms with Gasteiger partial charge < -0.3 is 5.32 Å². The van der Waals surface area contributed by atoms with Gasteiger partial charge >= 0.3 is 0 Å². The molecule has 0 saturated heterocycles. The summed E-state index contributed by atoms with van der Waals surface area (Å²) < 4.78 is 13.9. The van der Waals surface area contributed by atoms with Crippen LogP contribution in [0.1, 0.15) is 10.6 Å². The Morgan fingerprint density at radius 2 is 2.15 bits per heavy atom. The second-order valence-electron chi connectivity index (χ2n) is 4.27. The number of nitrogens with one attached hydrogen (secondary N) is 1. The molecule has 3 rings (SSSR count). The Morgan fingerprint density at radius 3 is 2.85 bits per heavy atom. The van der Waals surface area contributed by atoms with Crippen LogP contribution in [0.25, 0.3) is 10.4 Å². The molecule has 0 spiro atoms. The Balaban J connectivity index is 1.79. The highest BCUT2D eigenvalue weighted by atomic mass is 32.1. The van der Waals surface area contributed by atoms with E-state index in [0.717, 1.165) is 20.6 Å². The molecule has 3 aromatic rings. The van der Waals surface area contributed by atoms with Crippen LogP contribution in [0.2, 0.25) is 0 Å². The molecule has 0 fully saturated rings. The van der Waals surface area contributed by atoms with Crippen LogP contribution in [0.5, 0.6) is 0 Å². The van der Waals surface area contributed by atoms with E-state index >= 15 is 0 Å². The summed E-state index contributed by atoms with van der Waals surface area (Å²) in [6, 6.07) is 9.02. The summed E-state index contributed by atoms with van der Waals surface area (Å²) >= 11 is 3.04. The fourth-order valence-electron chi connectivity index (χ4n) is 1.85. The van der Waals surface area contributed by atoms with Crippen molar-refractivity contribution in [2.75, 3.05) is 5.32 Å². The number of rotatable bonds is 4. The Morgan fingerprint density at radius 1 is 1.25 bits per heavy atom. The molecule has 0 bridgehead atoms. The molecular weight excluding hydrogens is 293 g/mol. The van der Waals surface area contributed by atoms with E-state index in [4.69, 9.17) is 0 Å². The van der Waals surface area contributed by atoms with Crippen LogP contribution >= 0.6 is 22.7 Å². The average molecular weight is 305 g/mol. The summed E-state index contributed by atoms with van der Waals surface area (Å²) in [6.07, 6.45) is 0. The van der Waals surface area contributed by atoms with Gasteiger partial charge in [-0.1, -0.05) is 23.5 Å². The maximum Gasteiger partial charge on any atom is 0.205 e. The van der Waals surface area contributed by atoms with E-state index in [0.29, 0.717) is 12.1 Å². The van der Waals surface area contributed by atoms with Gasteiger partial charge in [-0.05, 0) is 36.1 Å². The number of benzene rings is 1. The molecular formula is C14H12FN3S2. The predicted octanol–water partition coefficient (Wildman–Crippen LogP) is 4.33. The molecule has 0 aliphatic heterocycles. The molecule has 1 N–H and O–H groups in total. The van der Waals surface area contributed by atoms with Gasteiger partial charge in [-0.2, -0.15) is 0 Å². The van der Waals surface area contributed by atoms with E-state index in [-0.39, 0.29) is 5.82 Å². The summed E-state index contributed by atoms with van der Waals surface area (Å²) in [5.41, 5.74) is 1.66. The first-order valence-electron chi connectivity index (χ1n) is 6.08. The maximum atomic E-state index is 13.9. The third-order valence-electron chi connectivity index (χ3n) is 2.79. The topological polar surface area (TPSA) is 37.8 Å². The molecule has 0 saturated carbocycles. The summed E-state index contributed by atoms with van der Waals surface area (Å²) in [4.78, 5) is 0.941. The first-order chi connectivity index (χ1) is 9.72. The molecule has 20 heavy (non-hydrogen) atoms. The fourth-order valence-corrected chi connectivity index (χ4v) is 3.18. The minimum absolute atomic E-state index is 0.192. The summed E-state index contributed by atoms with van der Waals surface area (Å²) in [7, 11) is 0. The summed E-state index contributed by atoms with van der Waals surface area (Å²) in [5.74, 6) is -0.192. The molecule has 0 aliphatic rings. The smallest absolute Gasteiger partial charge is 0.205 e. The molecule has 0 atom stereocenters. The van der Waals surface area contributed by atoms with E-state index in [1.165, 1.54) is 28.7 Å². The number of hydrogen-bond acceptors (Lipinski definition) is 5. The fraction of sp³-hybridized carbons (Fsp3) is 0.143. The molecule has 0 aliphatic carbocycles. The summed E-state index contributed by atoms with van der Waals surface area (Å²) in [6.45, 7) is 2.52. The molecule has 0 radical (unpaired) electrons. The molecule has 0 amide bonds. The van der Waals surface area contributed by atoms with Gasteiger partial charge in [-0.25, -0.2) is 4.39 Å². The normalized spacial score (nSPS) is 10.7. The first-order valence-corrected chi connectivity index (χ1v) is 7.78. The molecule has 0 unspecified atom stereocenters. The van der Waals surface area contributed by atoms with E-state index < -0.39 is 0 Å². The standard InChI is InChI=1S/C14H12FN3S2/c1-9-17-18-14(20-9)16-8-10-4-5-12(15)11(7-10)13-3-2-6-19-13/h2-7H,8H2,1H3,(H,16,18). The predicted molar refractivity (Wildman–Crippen MR) is 81.7 cm³/mol. The van der Waals surface area contributed by atoms with Crippen LogP contribution < -0.4 is 5.32 Å². The number of hydrogen-bond donors (Lipinski definition) is 1. The van der Waals surface area contributed by atoms with Crippen LogP contribution in [0.4, 0.5) is 9.52 Å². The van der Waals surface area contributed by atoms with E-state index in [9.17, 15) is 4.39 Å². The van der Waals surface area contributed by atoms with E-state index in [2.05, 4.69) is 15.5 Å². The average Bonchev–Trinajstić information content (AvgIpc) is 3.09. The number of halogens is 1. The van der Waals surface area contributed by atoms with Crippen LogP contribution in [-0.4, -0.2) is 10.2 Å². The number of thiophene rings is 1. The van der Waals surface area contributed by atoms with Crippen molar-refractivity contribution in [1.82, 2.24) is 10.2 Å². The Bertz CT molecular complexity index is 707. The molecule has 6 heteroatoms. The van der Waals surface area contributed by atoms with Crippen molar-refractivity contribution in [1.29, 1.82) is 0 Å². The van der Waals surface area contributed by atoms with Crippen LogP contribution in [0.3, 0.4) is 0 Å². The largest absolute Gasteiger partial charge is 0.356 e. The first kappa shape index (κ1) is 13.2. The second-order valence-corrected chi connectivity index (χ2v) is 6.40. The highest BCUT2D eigenvalue weighted by molar-refractivity contribution is 7.15. The molecule has 3 nitrogen and oxygen atoms in total. The lowest BCUT2D eigenvalue weighted by Crippen LogP contribution is -1.99. The van der Waals surface area contributed by atoms with E-state index in [1.54, 1.807) is 6.07 Å². The number of nitrogens with zero attached hydrogens (tertiary/aromatic N) is 2. The quantitative estimate of drug-likeness (QED) is 0.780. The monoisotopic (exact) mass is 305 g/mol. The van der Waals surface area contributed by atoms with Gasteiger partial charge in [-0.3, -0.25) is 0 Å². The Labute approximate surface area is 124 Å².